The van der Waals surface area contributed by atoms with Crippen molar-refractivity contribution in [3.8, 4) is 0 Å². The van der Waals surface area contributed by atoms with E-state index < -0.39 is 0 Å². The predicted molar refractivity (Wildman–Crippen MR) is 67.5 cm³/mol. The molecular weight excluding hydrogens is 224 g/mol. The summed E-state index contributed by atoms with van der Waals surface area (Å²) >= 11 is 0. The molecule has 2 fully saturated rings. The molecule has 4 heteroatoms. The van der Waals surface area contributed by atoms with Gasteiger partial charge in [-0.15, -0.1) is 12.4 Å². The molecule has 94 valence electrons. The average molecular weight is 247 g/mol. The first-order chi connectivity index (χ1) is 7.18. The smallest absolute Gasteiger partial charge is 0.227 e. The third-order valence-corrected chi connectivity index (χ3v) is 4.12. The molecule has 0 saturated heterocycles. The molecule has 3 N–H and O–H groups in total. The first kappa shape index (κ1) is 13.8. The highest BCUT2D eigenvalue weighted by atomic mass is 35.5. The lowest BCUT2D eigenvalue weighted by Crippen LogP contribution is -2.47. The lowest BCUT2D eigenvalue weighted by Gasteiger charge is -2.27. The summed E-state index contributed by atoms with van der Waals surface area (Å²) in [6, 6.07) is 0.349. The zero-order chi connectivity index (χ0) is 10.9. The van der Waals surface area contributed by atoms with Gasteiger partial charge in [0.05, 0.1) is 5.41 Å². The molecule has 2 saturated carbocycles. The minimum atomic E-state index is -0.233. The van der Waals surface area contributed by atoms with Crippen LogP contribution in [0, 0.1) is 11.3 Å². The summed E-state index contributed by atoms with van der Waals surface area (Å²) in [7, 11) is 0. The second-order valence-electron chi connectivity index (χ2n) is 5.29. The van der Waals surface area contributed by atoms with Crippen LogP contribution in [0.1, 0.15) is 45.4 Å². The molecule has 1 unspecified atom stereocenters. The summed E-state index contributed by atoms with van der Waals surface area (Å²) in [6.07, 6.45) is 6.82. The molecule has 2 aliphatic rings. The van der Waals surface area contributed by atoms with Gasteiger partial charge >= 0.3 is 0 Å². The standard InChI is InChI=1S/C12H22N2O.ClH/c1-9(10-4-5-10)14-11(15)12(8-13)6-2-3-7-12;/h9-10H,2-8,13H2,1H3,(H,14,15);1H. The van der Waals surface area contributed by atoms with Gasteiger partial charge < -0.3 is 11.1 Å². The number of hydrogen-bond donors (Lipinski definition) is 2. The Labute approximate surface area is 104 Å². The fourth-order valence-electron chi connectivity index (χ4n) is 2.65. The van der Waals surface area contributed by atoms with Gasteiger partial charge in [0, 0.05) is 12.6 Å². The number of carbonyl (C=O) groups is 1. The number of nitrogens with one attached hydrogen (secondary N) is 1. The Hall–Kier alpha value is -0.280. The fourth-order valence-corrected chi connectivity index (χ4v) is 2.65. The highest BCUT2D eigenvalue weighted by Crippen LogP contribution is 2.38. The van der Waals surface area contributed by atoms with Gasteiger partial charge in [-0.05, 0) is 38.5 Å². The molecule has 1 atom stereocenters. The molecule has 1 amide bonds. The van der Waals surface area contributed by atoms with Crippen LogP contribution in [0.4, 0.5) is 0 Å². The molecule has 0 aromatic rings. The van der Waals surface area contributed by atoms with E-state index in [2.05, 4.69) is 12.2 Å². The molecule has 3 nitrogen and oxygen atoms in total. The van der Waals surface area contributed by atoms with Gasteiger partial charge in [-0.3, -0.25) is 4.79 Å². The minimum Gasteiger partial charge on any atom is -0.353 e. The van der Waals surface area contributed by atoms with Crippen molar-refractivity contribution in [3.63, 3.8) is 0 Å². The number of amides is 1. The SMILES string of the molecule is CC(NC(=O)C1(CN)CCCC1)C1CC1.Cl. The maximum absolute atomic E-state index is 12.1. The van der Waals surface area contributed by atoms with Crippen molar-refractivity contribution in [1.29, 1.82) is 0 Å². The zero-order valence-corrected chi connectivity index (χ0v) is 10.8. The Kier molecular flexibility index (Phi) is 4.62. The first-order valence-electron chi connectivity index (χ1n) is 6.19. The van der Waals surface area contributed by atoms with Crippen molar-refractivity contribution < 1.29 is 4.79 Å². The van der Waals surface area contributed by atoms with Crippen molar-refractivity contribution in [2.24, 2.45) is 17.1 Å². The number of halogens is 1. The van der Waals surface area contributed by atoms with Crippen LogP contribution in [0.25, 0.3) is 0 Å². The van der Waals surface area contributed by atoms with E-state index in [1.54, 1.807) is 0 Å². The largest absolute Gasteiger partial charge is 0.353 e. The van der Waals surface area contributed by atoms with E-state index >= 15 is 0 Å². The fraction of sp³-hybridized carbons (Fsp3) is 0.917. The van der Waals surface area contributed by atoms with E-state index in [1.165, 1.54) is 12.8 Å². The average Bonchev–Trinajstić information content (AvgIpc) is 2.96. The minimum absolute atomic E-state index is 0. The molecule has 0 aliphatic heterocycles. The van der Waals surface area contributed by atoms with Crippen molar-refractivity contribution in [3.05, 3.63) is 0 Å². The number of rotatable bonds is 4. The molecule has 0 aromatic carbocycles. The zero-order valence-electron chi connectivity index (χ0n) is 10.00. The molecule has 0 spiro atoms. The van der Waals surface area contributed by atoms with Crippen molar-refractivity contribution >= 4 is 18.3 Å². The van der Waals surface area contributed by atoms with E-state index in [0.717, 1.165) is 31.6 Å². The second kappa shape index (κ2) is 5.37. The highest BCUT2D eigenvalue weighted by molar-refractivity contribution is 5.85. The summed E-state index contributed by atoms with van der Waals surface area (Å²) in [5.74, 6) is 0.937. The van der Waals surface area contributed by atoms with E-state index in [-0.39, 0.29) is 23.7 Å². The normalized spacial score (nSPS) is 24.6. The van der Waals surface area contributed by atoms with Crippen LogP contribution in [0.5, 0.6) is 0 Å². The molecular formula is C12H23ClN2O. The lowest BCUT2D eigenvalue weighted by molar-refractivity contribution is -0.131. The van der Waals surface area contributed by atoms with E-state index in [1.807, 2.05) is 0 Å². The van der Waals surface area contributed by atoms with Crippen molar-refractivity contribution in [2.75, 3.05) is 6.54 Å². The Bertz CT molecular complexity index is 247. The summed E-state index contributed by atoms with van der Waals surface area (Å²) in [5, 5.41) is 3.16. The summed E-state index contributed by atoms with van der Waals surface area (Å²) < 4.78 is 0. The summed E-state index contributed by atoms with van der Waals surface area (Å²) in [6.45, 7) is 2.63. The van der Waals surface area contributed by atoms with E-state index in [9.17, 15) is 4.79 Å². The summed E-state index contributed by atoms with van der Waals surface area (Å²) in [5.41, 5.74) is 5.54. The van der Waals surface area contributed by atoms with Crippen molar-refractivity contribution in [1.82, 2.24) is 5.32 Å². The van der Waals surface area contributed by atoms with Gasteiger partial charge in [0.15, 0.2) is 0 Å². The Morgan fingerprint density at radius 2 is 2.00 bits per heavy atom. The highest BCUT2D eigenvalue weighted by Gasteiger charge is 2.41. The molecule has 0 aromatic heterocycles. The van der Waals surface area contributed by atoms with Gasteiger partial charge in [0.25, 0.3) is 0 Å². The van der Waals surface area contributed by atoms with Crippen LogP contribution < -0.4 is 11.1 Å². The Balaban J connectivity index is 0.00000128. The van der Waals surface area contributed by atoms with Crippen LogP contribution in [-0.2, 0) is 4.79 Å². The molecule has 2 rings (SSSR count). The lowest BCUT2D eigenvalue weighted by atomic mass is 9.85. The van der Waals surface area contributed by atoms with Crippen LogP contribution in [0.15, 0.2) is 0 Å². The second-order valence-corrected chi connectivity index (χ2v) is 5.29. The quantitative estimate of drug-likeness (QED) is 0.796. The number of hydrogen-bond acceptors (Lipinski definition) is 2. The molecule has 0 bridgehead atoms. The monoisotopic (exact) mass is 246 g/mol. The maximum Gasteiger partial charge on any atom is 0.227 e. The first-order valence-corrected chi connectivity index (χ1v) is 6.19. The maximum atomic E-state index is 12.1. The van der Waals surface area contributed by atoms with Gasteiger partial charge in [-0.1, -0.05) is 12.8 Å². The number of carbonyl (C=O) groups excluding carboxylic acids is 1. The predicted octanol–water partition coefficient (Wildman–Crippen LogP) is 1.84. The third kappa shape index (κ3) is 2.69. The van der Waals surface area contributed by atoms with Crippen LogP contribution in [0.3, 0.4) is 0 Å². The topological polar surface area (TPSA) is 55.1 Å². The van der Waals surface area contributed by atoms with Crippen LogP contribution in [0.2, 0.25) is 0 Å². The van der Waals surface area contributed by atoms with Gasteiger partial charge in [0.1, 0.15) is 0 Å². The molecule has 16 heavy (non-hydrogen) atoms. The van der Waals surface area contributed by atoms with Gasteiger partial charge in [-0.2, -0.15) is 0 Å². The molecule has 2 aliphatic carbocycles. The van der Waals surface area contributed by atoms with E-state index in [4.69, 9.17) is 5.73 Å². The Morgan fingerprint density at radius 1 is 1.44 bits per heavy atom. The van der Waals surface area contributed by atoms with Crippen LogP contribution >= 0.6 is 12.4 Å². The van der Waals surface area contributed by atoms with Crippen LogP contribution in [-0.4, -0.2) is 18.5 Å². The van der Waals surface area contributed by atoms with E-state index in [0.29, 0.717) is 12.6 Å². The third-order valence-electron chi connectivity index (χ3n) is 4.12. The molecule has 0 radical (unpaired) electrons. The Morgan fingerprint density at radius 3 is 2.44 bits per heavy atom. The van der Waals surface area contributed by atoms with Gasteiger partial charge in [-0.25, -0.2) is 0 Å². The van der Waals surface area contributed by atoms with Gasteiger partial charge in [0.2, 0.25) is 5.91 Å². The summed E-state index contributed by atoms with van der Waals surface area (Å²) in [4.78, 5) is 12.1. The molecule has 0 heterocycles. The van der Waals surface area contributed by atoms with Crippen molar-refractivity contribution in [2.45, 2.75) is 51.5 Å². The number of nitrogens with two attached hydrogens (primary N) is 1.